The van der Waals surface area contributed by atoms with Gasteiger partial charge in [-0.25, -0.2) is 8.42 Å². The first-order chi connectivity index (χ1) is 23.0. The van der Waals surface area contributed by atoms with Gasteiger partial charge in [0.15, 0.2) is 11.5 Å². The van der Waals surface area contributed by atoms with Crippen LogP contribution in [-0.2, 0) is 32.6 Å². The smallest absolute Gasteiger partial charge is 0.264 e. The molecule has 0 bridgehead atoms. The van der Waals surface area contributed by atoms with E-state index in [-0.39, 0.29) is 35.2 Å². The Morgan fingerprint density at radius 3 is 2.19 bits per heavy atom. The number of carbonyl (C=O) groups excluding carboxylic acids is 2. The molecular formula is C36H39Cl2N3O6S. The molecule has 0 fully saturated rings. The number of sulfonamides is 1. The van der Waals surface area contributed by atoms with Crippen LogP contribution in [0.2, 0.25) is 10.0 Å². The highest BCUT2D eigenvalue weighted by molar-refractivity contribution is 7.92. The van der Waals surface area contributed by atoms with Gasteiger partial charge in [0.05, 0.1) is 24.8 Å². The second-order valence-electron chi connectivity index (χ2n) is 11.1. The summed E-state index contributed by atoms with van der Waals surface area (Å²) in [5.41, 5.74) is 2.39. The van der Waals surface area contributed by atoms with Crippen molar-refractivity contribution in [2.75, 3.05) is 31.6 Å². The van der Waals surface area contributed by atoms with E-state index in [4.69, 9.17) is 32.7 Å². The number of carbonyl (C=O) groups is 2. The van der Waals surface area contributed by atoms with Crippen LogP contribution in [0.15, 0.2) is 95.9 Å². The molecule has 2 amide bonds. The Labute approximate surface area is 292 Å². The Balaban J connectivity index is 1.85. The van der Waals surface area contributed by atoms with Gasteiger partial charge in [0.25, 0.3) is 10.0 Å². The molecule has 0 radical (unpaired) electrons. The molecule has 9 nitrogen and oxygen atoms in total. The highest BCUT2D eigenvalue weighted by Gasteiger charge is 2.35. The van der Waals surface area contributed by atoms with E-state index in [0.717, 1.165) is 15.4 Å². The first kappa shape index (κ1) is 36.6. The van der Waals surface area contributed by atoms with Crippen molar-refractivity contribution in [2.24, 2.45) is 0 Å². The third-order valence-electron chi connectivity index (χ3n) is 7.72. The number of benzene rings is 4. The molecule has 12 heteroatoms. The van der Waals surface area contributed by atoms with Crippen LogP contribution in [-0.4, -0.2) is 58.5 Å². The van der Waals surface area contributed by atoms with E-state index in [1.807, 2.05) is 44.2 Å². The third-order valence-corrected chi connectivity index (χ3v) is 10.1. The van der Waals surface area contributed by atoms with Crippen molar-refractivity contribution in [2.45, 2.75) is 44.2 Å². The van der Waals surface area contributed by atoms with Crippen molar-refractivity contribution in [3.63, 3.8) is 0 Å². The number of hydrogen-bond donors (Lipinski definition) is 1. The highest BCUT2D eigenvalue weighted by Crippen LogP contribution is 2.34. The van der Waals surface area contributed by atoms with Gasteiger partial charge in [0.1, 0.15) is 12.6 Å². The molecule has 0 heterocycles. The number of nitrogens with zero attached hydrogens (tertiary/aromatic N) is 2. The summed E-state index contributed by atoms with van der Waals surface area (Å²) < 4.78 is 40.5. The van der Waals surface area contributed by atoms with Gasteiger partial charge in [0.2, 0.25) is 11.8 Å². The van der Waals surface area contributed by atoms with Crippen LogP contribution in [0.4, 0.5) is 5.69 Å². The van der Waals surface area contributed by atoms with E-state index in [0.29, 0.717) is 34.3 Å². The van der Waals surface area contributed by atoms with Crippen molar-refractivity contribution in [1.29, 1.82) is 0 Å². The van der Waals surface area contributed by atoms with Crippen LogP contribution in [0, 0.1) is 6.92 Å². The van der Waals surface area contributed by atoms with Gasteiger partial charge in [-0.2, -0.15) is 0 Å². The van der Waals surface area contributed by atoms with Gasteiger partial charge >= 0.3 is 0 Å². The summed E-state index contributed by atoms with van der Waals surface area (Å²) in [7, 11) is -1.40. The molecule has 0 aromatic heterocycles. The number of halogens is 2. The molecule has 0 saturated carbocycles. The lowest BCUT2D eigenvalue weighted by Gasteiger charge is -2.34. The molecule has 0 spiro atoms. The Hall–Kier alpha value is -4.25. The number of hydrogen-bond acceptors (Lipinski definition) is 6. The van der Waals surface area contributed by atoms with E-state index in [2.05, 4.69) is 5.32 Å². The summed E-state index contributed by atoms with van der Waals surface area (Å²) in [6.45, 7) is 3.45. The fraction of sp³-hybridized carbons (Fsp3) is 0.278. The van der Waals surface area contributed by atoms with Gasteiger partial charge < -0.3 is 19.7 Å². The fourth-order valence-electron chi connectivity index (χ4n) is 5.10. The lowest BCUT2D eigenvalue weighted by Crippen LogP contribution is -2.53. The SMILES string of the molecule is CCCNC(=O)[C@@H](Cc1ccccc1)N(Cc1ccc(Cl)cc1Cl)C(=O)CN(c1ccc(OC)c(OC)c1)S(=O)(=O)c1ccc(C)cc1. The monoisotopic (exact) mass is 711 g/mol. The summed E-state index contributed by atoms with van der Waals surface area (Å²) in [5.74, 6) is -0.343. The molecule has 1 N–H and O–H groups in total. The normalized spacial score (nSPS) is 11.8. The number of anilines is 1. The molecule has 0 aliphatic carbocycles. The average molecular weight is 713 g/mol. The first-order valence-electron chi connectivity index (χ1n) is 15.3. The number of aryl methyl sites for hydroxylation is 1. The van der Waals surface area contributed by atoms with Crippen LogP contribution >= 0.6 is 23.2 Å². The van der Waals surface area contributed by atoms with Crippen LogP contribution in [0.3, 0.4) is 0 Å². The summed E-state index contributed by atoms with van der Waals surface area (Å²) in [5, 5.41) is 3.63. The number of ether oxygens (including phenoxy) is 2. The van der Waals surface area contributed by atoms with Crippen LogP contribution in [0.5, 0.6) is 11.5 Å². The van der Waals surface area contributed by atoms with E-state index >= 15 is 0 Å². The molecule has 0 saturated heterocycles. The summed E-state index contributed by atoms with van der Waals surface area (Å²) in [6, 6.07) is 24.1. The molecule has 254 valence electrons. The minimum absolute atomic E-state index is 0.00972. The number of rotatable bonds is 15. The molecule has 4 aromatic carbocycles. The molecular weight excluding hydrogens is 673 g/mol. The quantitative estimate of drug-likeness (QED) is 0.148. The van der Waals surface area contributed by atoms with Crippen LogP contribution < -0.4 is 19.1 Å². The molecule has 4 rings (SSSR count). The first-order valence-corrected chi connectivity index (χ1v) is 17.5. The molecule has 0 aliphatic rings. The largest absolute Gasteiger partial charge is 0.493 e. The zero-order valence-electron chi connectivity index (χ0n) is 27.3. The lowest BCUT2D eigenvalue weighted by atomic mass is 10.0. The minimum atomic E-state index is -4.30. The van der Waals surface area contributed by atoms with Crippen molar-refractivity contribution < 1.29 is 27.5 Å². The topological polar surface area (TPSA) is 105 Å². The van der Waals surface area contributed by atoms with Gasteiger partial charge in [-0.15, -0.1) is 0 Å². The maximum Gasteiger partial charge on any atom is 0.264 e. The van der Waals surface area contributed by atoms with E-state index in [1.54, 1.807) is 36.4 Å². The Kier molecular flexibility index (Phi) is 12.7. The van der Waals surface area contributed by atoms with Crippen molar-refractivity contribution in [1.82, 2.24) is 10.2 Å². The highest BCUT2D eigenvalue weighted by atomic mass is 35.5. The van der Waals surface area contributed by atoms with E-state index in [9.17, 15) is 18.0 Å². The van der Waals surface area contributed by atoms with Crippen LogP contribution in [0.25, 0.3) is 0 Å². The predicted octanol–water partition coefficient (Wildman–Crippen LogP) is 6.68. The summed E-state index contributed by atoms with van der Waals surface area (Å²) >= 11 is 12.8. The molecule has 0 unspecified atom stereocenters. The molecule has 0 aliphatic heterocycles. The summed E-state index contributed by atoms with van der Waals surface area (Å²) in [6.07, 6.45) is 0.858. The van der Waals surface area contributed by atoms with E-state index < -0.39 is 28.5 Å². The fourth-order valence-corrected chi connectivity index (χ4v) is 6.97. The van der Waals surface area contributed by atoms with Gasteiger partial charge in [-0.3, -0.25) is 13.9 Å². The zero-order valence-corrected chi connectivity index (χ0v) is 29.6. The summed E-state index contributed by atoms with van der Waals surface area (Å²) in [4.78, 5) is 29.8. The molecule has 48 heavy (non-hydrogen) atoms. The van der Waals surface area contributed by atoms with Gasteiger partial charge in [0, 0.05) is 35.6 Å². The Morgan fingerprint density at radius 1 is 0.875 bits per heavy atom. The average Bonchev–Trinajstić information content (AvgIpc) is 3.08. The van der Waals surface area contributed by atoms with Crippen molar-refractivity contribution in [3.05, 3.63) is 118 Å². The molecule has 4 aromatic rings. The maximum atomic E-state index is 14.6. The van der Waals surface area contributed by atoms with Gasteiger partial charge in [-0.1, -0.05) is 84.2 Å². The van der Waals surface area contributed by atoms with Crippen molar-refractivity contribution >= 4 is 50.7 Å². The second kappa shape index (κ2) is 16.7. The number of amides is 2. The van der Waals surface area contributed by atoms with Crippen LogP contribution in [0.1, 0.15) is 30.0 Å². The van der Waals surface area contributed by atoms with Gasteiger partial charge in [-0.05, 0) is 60.9 Å². The number of nitrogens with one attached hydrogen (secondary N) is 1. The zero-order chi connectivity index (χ0) is 34.8. The maximum absolute atomic E-state index is 14.6. The Morgan fingerprint density at radius 2 is 1.56 bits per heavy atom. The Bertz CT molecular complexity index is 1820. The minimum Gasteiger partial charge on any atom is -0.493 e. The second-order valence-corrected chi connectivity index (χ2v) is 13.8. The third kappa shape index (κ3) is 9.00. The molecule has 1 atom stereocenters. The predicted molar refractivity (Wildman–Crippen MR) is 190 cm³/mol. The lowest BCUT2D eigenvalue weighted by molar-refractivity contribution is -0.140. The number of methoxy groups -OCH3 is 2. The van der Waals surface area contributed by atoms with E-state index in [1.165, 1.54) is 43.4 Å². The van der Waals surface area contributed by atoms with Crippen molar-refractivity contribution in [3.8, 4) is 11.5 Å². The standard InChI is InChI=1S/C36H39Cl2N3O6S/c1-5-19-39-36(43)32(20-26-9-7-6-8-10-26)40(23-27-13-14-28(37)21-31(27)38)35(42)24-41(29-15-18-33(46-3)34(22-29)47-4)48(44,45)30-16-11-25(2)12-17-30/h6-18,21-22,32H,5,19-20,23-24H2,1-4H3,(H,39,43)/t32-/m1/s1.